The molecule has 2 heterocycles. The van der Waals surface area contributed by atoms with Crippen LogP contribution in [-0.4, -0.2) is 22.9 Å². The Hall–Kier alpha value is -6.46. The lowest BCUT2D eigenvalue weighted by atomic mass is 9.74. The highest BCUT2D eigenvalue weighted by atomic mass is 16.7. The third kappa shape index (κ3) is 6.94. The van der Waals surface area contributed by atoms with Gasteiger partial charge in [-0.25, -0.2) is 0 Å². The van der Waals surface area contributed by atoms with Crippen molar-refractivity contribution in [1.82, 2.24) is 4.57 Å². The molecule has 332 valence electrons. The van der Waals surface area contributed by atoms with E-state index in [1.54, 1.807) is 0 Å². The molecule has 0 spiro atoms. The summed E-state index contributed by atoms with van der Waals surface area (Å²) in [7, 11) is -0.439. The van der Waals surface area contributed by atoms with Crippen LogP contribution in [0, 0.1) is 0 Å². The van der Waals surface area contributed by atoms with Crippen LogP contribution in [0.3, 0.4) is 0 Å². The highest BCUT2D eigenvalue weighted by Crippen LogP contribution is 2.53. The Morgan fingerprint density at radius 3 is 1.49 bits per heavy atom. The fraction of sp³-hybridized carbons (Fsp3) is 0.238. The maximum absolute atomic E-state index is 6.57. The van der Waals surface area contributed by atoms with E-state index in [1.807, 2.05) is 0 Å². The fourth-order valence-corrected chi connectivity index (χ4v) is 11.3. The van der Waals surface area contributed by atoms with Gasteiger partial charge in [-0.2, -0.15) is 0 Å². The number of aromatic nitrogens is 1. The van der Waals surface area contributed by atoms with E-state index in [2.05, 4.69) is 230 Å². The van der Waals surface area contributed by atoms with E-state index >= 15 is 0 Å². The maximum atomic E-state index is 6.57. The van der Waals surface area contributed by atoms with Gasteiger partial charge in [0.05, 0.1) is 22.2 Å². The third-order valence-corrected chi connectivity index (χ3v) is 15.4. The summed E-state index contributed by atoms with van der Waals surface area (Å²) < 4.78 is 15.6. The van der Waals surface area contributed by atoms with Crippen molar-refractivity contribution in [3.8, 4) is 61.3 Å². The van der Waals surface area contributed by atoms with E-state index in [0.29, 0.717) is 0 Å². The molecule has 0 saturated carbocycles. The number of benzene rings is 8. The lowest BCUT2D eigenvalue weighted by Gasteiger charge is -2.32. The second-order valence-corrected chi connectivity index (χ2v) is 20.4. The Morgan fingerprint density at radius 1 is 0.433 bits per heavy atom. The summed E-state index contributed by atoms with van der Waals surface area (Å²) in [4.78, 5) is 0. The molecule has 8 aromatic carbocycles. The van der Waals surface area contributed by atoms with E-state index in [4.69, 9.17) is 9.31 Å². The van der Waals surface area contributed by atoms with Gasteiger partial charge in [-0.15, -0.1) is 0 Å². The van der Waals surface area contributed by atoms with E-state index < -0.39 is 18.3 Å². The van der Waals surface area contributed by atoms with Crippen molar-refractivity contribution in [3.05, 3.63) is 192 Å². The van der Waals surface area contributed by atoms with Crippen LogP contribution in [0.2, 0.25) is 0 Å². The summed E-state index contributed by atoms with van der Waals surface area (Å²) in [6.45, 7) is 17.9. The second-order valence-electron chi connectivity index (χ2n) is 20.4. The first-order valence-corrected chi connectivity index (χ1v) is 24.5. The zero-order valence-electron chi connectivity index (χ0n) is 40.3. The molecule has 1 saturated heterocycles. The molecule has 0 atom stereocenters. The fourth-order valence-electron chi connectivity index (χ4n) is 11.3. The number of rotatable bonds is 10. The predicted molar refractivity (Wildman–Crippen MR) is 284 cm³/mol. The Bertz CT molecular complexity index is 3310. The normalized spacial score (nSPS) is 15.6. The van der Waals surface area contributed by atoms with Gasteiger partial charge < -0.3 is 13.9 Å². The molecule has 1 aliphatic carbocycles. The molecule has 9 aromatic rings. The molecule has 0 amide bonds. The summed E-state index contributed by atoms with van der Waals surface area (Å²) in [5.74, 6) is 0. The van der Waals surface area contributed by atoms with Gasteiger partial charge in [-0.3, -0.25) is 0 Å². The van der Waals surface area contributed by atoms with Crippen molar-refractivity contribution < 1.29 is 9.31 Å². The zero-order valence-corrected chi connectivity index (χ0v) is 40.3. The first kappa shape index (κ1) is 43.1. The second kappa shape index (κ2) is 16.4. The maximum Gasteiger partial charge on any atom is 0.494 e. The summed E-state index contributed by atoms with van der Waals surface area (Å²) in [6, 6.07) is 63.6. The average Bonchev–Trinajstić information content (AvgIpc) is 3.88. The monoisotopic (exact) mass is 873 g/mol. The summed E-state index contributed by atoms with van der Waals surface area (Å²) in [6.07, 6.45) is 4.06. The number of fused-ring (bicyclic) bond motifs is 6. The lowest BCUT2D eigenvalue weighted by Crippen LogP contribution is -2.41. The largest absolute Gasteiger partial charge is 0.494 e. The van der Waals surface area contributed by atoms with Crippen molar-refractivity contribution in [3.63, 3.8) is 0 Å². The van der Waals surface area contributed by atoms with Crippen LogP contribution in [0.1, 0.15) is 90.5 Å². The molecule has 11 rings (SSSR count). The number of hydrogen-bond donors (Lipinski definition) is 0. The smallest absolute Gasteiger partial charge is 0.399 e. The van der Waals surface area contributed by atoms with Crippen molar-refractivity contribution in [2.24, 2.45) is 0 Å². The van der Waals surface area contributed by atoms with E-state index in [1.165, 1.54) is 99.7 Å². The van der Waals surface area contributed by atoms with Gasteiger partial charge in [-0.05, 0) is 154 Å². The first-order valence-electron chi connectivity index (χ1n) is 24.5. The van der Waals surface area contributed by atoms with Crippen molar-refractivity contribution in [1.29, 1.82) is 0 Å². The Balaban J connectivity index is 1.16. The molecule has 4 heteroatoms. The number of hydrogen-bond acceptors (Lipinski definition) is 2. The molecule has 67 heavy (non-hydrogen) atoms. The van der Waals surface area contributed by atoms with Gasteiger partial charge >= 0.3 is 7.12 Å². The Labute approximate surface area is 397 Å². The van der Waals surface area contributed by atoms with E-state index in [0.717, 1.165) is 36.8 Å². The average molecular weight is 874 g/mol. The molecule has 3 nitrogen and oxygen atoms in total. The molecule has 0 N–H and O–H groups in total. The van der Waals surface area contributed by atoms with Gasteiger partial charge in [0.1, 0.15) is 0 Å². The quantitative estimate of drug-likeness (QED) is 0.128. The topological polar surface area (TPSA) is 23.4 Å². The molecule has 0 unspecified atom stereocenters. The van der Waals surface area contributed by atoms with Crippen molar-refractivity contribution in [2.75, 3.05) is 0 Å². The molecule has 1 fully saturated rings. The summed E-state index contributed by atoms with van der Waals surface area (Å²) in [5, 5.41) is 2.55. The molecule has 1 aromatic heterocycles. The van der Waals surface area contributed by atoms with Crippen LogP contribution in [-0.2, 0) is 27.6 Å². The van der Waals surface area contributed by atoms with Crippen LogP contribution in [0.4, 0.5) is 0 Å². The number of para-hydroxylation sites is 1. The SMILES string of the molecule is CCCc1c(CCC)c(-c2ccccc2)c(-c2ccc(-n3c4ccccc4c4cc5c(cc43)C(C)(C)c3ccccc3-5)cc2)c(-c2ccc(B3OC(C)(C)C(C)(C)O3)cc2)c1-c1ccccc1. The van der Waals surface area contributed by atoms with Gasteiger partial charge in [0.15, 0.2) is 0 Å². The molecule has 0 bridgehead atoms. The summed E-state index contributed by atoms with van der Waals surface area (Å²) >= 11 is 0. The highest BCUT2D eigenvalue weighted by Gasteiger charge is 2.51. The molecule has 0 radical (unpaired) electrons. The molecular formula is C63H60BNO2. The summed E-state index contributed by atoms with van der Waals surface area (Å²) in [5.41, 5.74) is 22.1. The molecule has 1 aliphatic heterocycles. The van der Waals surface area contributed by atoms with Gasteiger partial charge in [-0.1, -0.05) is 180 Å². The lowest BCUT2D eigenvalue weighted by molar-refractivity contribution is 0.00578. The van der Waals surface area contributed by atoms with Crippen LogP contribution in [0.15, 0.2) is 170 Å². The van der Waals surface area contributed by atoms with Gasteiger partial charge in [0.25, 0.3) is 0 Å². The third-order valence-electron chi connectivity index (χ3n) is 15.4. The highest BCUT2D eigenvalue weighted by molar-refractivity contribution is 6.62. The number of nitrogens with zero attached hydrogens (tertiary/aromatic N) is 1. The van der Waals surface area contributed by atoms with E-state index in [-0.39, 0.29) is 5.41 Å². The van der Waals surface area contributed by atoms with E-state index in [9.17, 15) is 0 Å². The van der Waals surface area contributed by atoms with Crippen molar-refractivity contribution >= 4 is 34.4 Å². The Morgan fingerprint density at radius 2 is 0.925 bits per heavy atom. The molecular weight excluding hydrogens is 814 g/mol. The van der Waals surface area contributed by atoms with Crippen LogP contribution in [0.5, 0.6) is 0 Å². The zero-order chi connectivity index (χ0) is 46.2. The van der Waals surface area contributed by atoms with Crippen molar-refractivity contribution in [2.45, 2.75) is 97.7 Å². The van der Waals surface area contributed by atoms with Gasteiger partial charge in [0.2, 0.25) is 0 Å². The standard InChI is InChI=1S/C63H60BNO2/c1-9-21-49-50(22-10-2)58(42-25-15-12-16-26-42)60(59(57(49)41-23-13-11-14-24-41)43-31-35-45(36-32-43)64-66-62(5,6)63(7,8)67-64)44-33-37-46(38-34-44)65-55-30-20-18-28-48(55)52-39-51-47-27-17-19-29-53(47)61(3,4)54(51)40-56(52)65/h11-20,23-40H,9-10,21-22H2,1-8H3. The molecule has 2 aliphatic rings. The van der Waals surface area contributed by atoms with Crippen LogP contribution in [0.25, 0.3) is 83.1 Å². The first-order chi connectivity index (χ1) is 32.4. The van der Waals surface area contributed by atoms with Crippen LogP contribution >= 0.6 is 0 Å². The van der Waals surface area contributed by atoms with Crippen LogP contribution < -0.4 is 5.46 Å². The predicted octanol–water partition coefficient (Wildman–Crippen LogP) is 16.0. The minimum atomic E-state index is -0.439. The Kier molecular flexibility index (Phi) is 10.6. The van der Waals surface area contributed by atoms with Gasteiger partial charge in [0, 0.05) is 21.9 Å². The minimum Gasteiger partial charge on any atom is -0.399 e. The minimum absolute atomic E-state index is 0.103.